The van der Waals surface area contributed by atoms with Crippen LogP contribution >= 0.6 is 11.8 Å². The number of hydrogen-bond donors (Lipinski definition) is 0. The van der Waals surface area contributed by atoms with Crippen molar-refractivity contribution < 1.29 is 4.79 Å². The first-order chi connectivity index (χ1) is 10.3. The maximum absolute atomic E-state index is 12.5. The van der Waals surface area contributed by atoms with Crippen molar-refractivity contribution in [2.75, 3.05) is 6.26 Å². The first kappa shape index (κ1) is 13.9. The lowest BCUT2D eigenvalue weighted by Crippen LogP contribution is -2.05. The highest BCUT2D eigenvalue weighted by Crippen LogP contribution is 2.22. The van der Waals surface area contributed by atoms with Crippen molar-refractivity contribution in [1.29, 1.82) is 0 Å². The molecule has 0 N–H and O–H groups in total. The molecule has 0 heterocycles. The van der Waals surface area contributed by atoms with E-state index in [4.69, 9.17) is 0 Å². The smallest absolute Gasteiger partial charge is 0.168 e. The van der Waals surface area contributed by atoms with Crippen LogP contribution in [0.3, 0.4) is 0 Å². The van der Waals surface area contributed by atoms with Crippen LogP contribution in [0, 0.1) is 0 Å². The first-order valence-electron chi connectivity index (χ1n) is 6.92. The Balaban J connectivity index is 1.89. The third-order valence-corrected chi connectivity index (χ3v) is 4.38. The largest absolute Gasteiger partial charge is 0.294 e. The van der Waals surface area contributed by atoms with Crippen molar-refractivity contribution in [2.45, 2.75) is 11.3 Å². The number of carbonyl (C=O) groups is 1. The summed E-state index contributed by atoms with van der Waals surface area (Å²) in [4.78, 5) is 13.6. The Morgan fingerprint density at radius 2 is 1.62 bits per heavy atom. The quantitative estimate of drug-likeness (QED) is 0.498. The first-order valence-corrected chi connectivity index (χ1v) is 8.14. The average Bonchev–Trinajstić information content (AvgIpc) is 2.54. The van der Waals surface area contributed by atoms with Gasteiger partial charge in [-0.05, 0) is 28.7 Å². The molecule has 3 rings (SSSR count). The molecule has 3 aromatic rings. The normalized spacial score (nSPS) is 10.7. The molecule has 0 saturated heterocycles. The van der Waals surface area contributed by atoms with Crippen LogP contribution in [0.4, 0.5) is 0 Å². The van der Waals surface area contributed by atoms with Gasteiger partial charge in [0.15, 0.2) is 5.78 Å². The van der Waals surface area contributed by atoms with E-state index in [0.717, 1.165) is 16.0 Å². The minimum atomic E-state index is 0.176. The lowest BCUT2D eigenvalue weighted by atomic mass is 10.0. The summed E-state index contributed by atoms with van der Waals surface area (Å²) in [5.41, 5.74) is 1.88. The predicted octanol–water partition coefficient (Wildman–Crippen LogP) is 4.99. The van der Waals surface area contributed by atoms with E-state index < -0.39 is 0 Å². The molecule has 0 aliphatic heterocycles. The van der Waals surface area contributed by atoms with Crippen LogP contribution in [-0.4, -0.2) is 12.0 Å². The van der Waals surface area contributed by atoms with Crippen molar-refractivity contribution in [2.24, 2.45) is 0 Å². The topological polar surface area (TPSA) is 17.1 Å². The number of carbonyl (C=O) groups excluding carboxylic acids is 1. The van der Waals surface area contributed by atoms with Crippen LogP contribution in [0.15, 0.2) is 71.6 Å². The second-order valence-electron chi connectivity index (χ2n) is 4.98. The van der Waals surface area contributed by atoms with E-state index in [1.807, 2.05) is 48.7 Å². The van der Waals surface area contributed by atoms with E-state index in [0.29, 0.717) is 6.42 Å². The molecule has 0 atom stereocenters. The van der Waals surface area contributed by atoms with Crippen molar-refractivity contribution in [3.63, 3.8) is 0 Å². The van der Waals surface area contributed by atoms with Gasteiger partial charge in [0.05, 0.1) is 0 Å². The molecule has 2 heteroatoms. The van der Waals surface area contributed by atoms with Crippen molar-refractivity contribution in [1.82, 2.24) is 0 Å². The van der Waals surface area contributed by atoms with Gasteiger partial charge in [0.25, 0.3) is 0 Å². The summed E-state index contributed by atoms with van der Waals surface area (Å²) in [6.45, 7) is 0. The summed E-state index contributed by atoms with van der Waals surface area (Å²) in [6.07, 6.45) is 2.45. The zero-order valence-corrected chi connectivity index (χ0v) is 12.7. The molecule has 0 fully saturated rings. The maximum atomic E-state index is 12.5. The summed E-state index contributed by atoms with van der Waals surface area (Å²) >= 11 is 1.62. The molecule has 0 amide bonds. The van der Waals surface area contributed by atoms with Crippen LogP contribution in [-0.2, 0) is 6.42 Å². The second kappa shape index (κ2) is 6.15. The van der Waals surface area contributed by atoms with E-state index in [1.54, 1.807) is 11.8 Å². The fourth-order valence-electron chi connectivity index (χ4n) is 2.50. The summed E-state index contributed by atoms with van der Waals surface area (Å²) in [5.74, 6) is 0.176. The van der Waals surface area contributed by atoms with Gasteiger partial charge in [0, 0.05) is 16.9 Å². The van der Waals surface area contributed by atoms with Crippen molar-refractivity contribution in [3.8, 4) is 0 Å². The second-order valence-corrected chi connectivity index (χ2v) is 5.83. The summed E-state index contributed by atoms with van der Waals surface area (Å²) in [6, 6.07) is 22.3. The fraction of sp³-hybridized carbons (Fsp3) is 0.105. The number of benzene rings is 3. The summed E-state index contributed by atoms with van der Waals surface area (Å²) < 4.78 is 0. The van der Waals surface area contributed by atoms with Gasteiger partial charge in [0.1, 0.15) is 0 Å². The standard InChI is InChI=1S/C19H16OS/c1-21-19-9-5-4-8-17(19)18(20)13-14-10-11-15-6-2-3-7-16(15)12-14/h2-12H,13H2,1H3. The fourth-order valence-corrected chi connectivity index (χ4v) is 3.12. The monoisotopic (exact) mass is 292 g/mol. The van der Waals surface area contributed by atoms with Crippen molar-refractivity contribution >= 4 is 28.3 Å². The van der Waals surface area contributed by atoms with Gasteiger partial charge in [-0.3, -0.25) is 4.79 Å². The van der Waals surface area contributed by atoms with E-state index in [2.05, 4.69) is 24.3 Å². The maximum Gasteiger partial charge on any atom is 0.168 e. The zero-order chi connectivity index (χ0) is 14.7. The number of hydrogen-bond acceptors (Lipinski definition) is 2. The van der Waals surface area contributed by atoms with Crippen LogP contribution in [0.2, 0.25) is 0 Å². The molecule has 0 aliphatic carbocycles. The van der Waals surface area contributed by atoms with E-state index in [9.17, 15) is 4.79 Å². The zero-order valence-electron chi connectivity index (χ0n) is 11.9. The minimum absolute atomic E-state index is 0.176. The Hall–Kier alpha value is -2.06. The molecule has 0 saturated carbocycles. The molecule has 0 aromatic heterocycles. The Morgan fingerprint density at radius 1 is 0.905 bits per heavy atom. The third-order valence-electron chi connectivity index (χ3n) is 3.59. The lowest BCUT2D eigenvalue weighted by molar-refractivity contribution is 0.0990. The molecule has 104 valence electrons. The number of thioether (sulfide) groups is 1. The van der Waals surface area contributed by atoms with Crippen LogP contribution in [0.5, 0.6) is 0 Å². The minimum Gasteiger partial charge on any atom is -0.294 e. The molecule has 1 nitrogen and oxygen atoms in total. The molecule has 21 heavy (non-hydrogen) atoms. The van der Waals surface area contributed by atoms with Gasteiger partial charge in [0.2, 0.25) is 0 Å². The molecule has 0 bridgehead atoms. The van der Waals surface area contributed by atoms with Gasteiger partial charge < -0.3 is 0 Å². The van der Waals surface area contributed by atoms with Crippen LogP contribution in [0.25, 0.3) is 10.8 Å². The SMILES string of the molecule is CSc1ccccc1C(=O)Cc1ccc2ccccc2c1. The molecule has 3 aromatic carbocycles. The van der Waals surface area contributed by atoms with E-state index >= 15 is 0 Å². The van der Waals surface area contributed by atoms with E-state index in [-0.39, 0.29) is 5.78 Å². The molecule has 0 radical (unpaired) electrons. The average molecular weight is 292 g/mol. The Morgan fingerprint density at radius 3 is 2.43 bits per heavy atom. The number of fused-ring (bicyclic) bond motifs is 1. The highest BCUT2D eigenvalue weighted by molar-refractivity contribution is 7.98. The van der Waals surface area contributed by atoms with E-state index in [1.165, 1.54) is 10.8 Å². The lowest BCUT2D eigenvalue weighted by Gasteiger charge is -2.07. The van der Waals surface area contributed by atoms with Gasteiger partial charge in [-0.25, -0.2) is 0 Å². The molecular formula is C19H16OS. The van der Waals surface area contributed by atoms with Gasteiger partial charge in [-0.2, -0.15) is 0 Å². The molecule has 0 spiro atoms. The predicted molar refractivity (Wildman–Crippen MR) is 90.2 cm³/mol. The highest BCUT2D eigenvalue weighted by atomic mass is 32.2. The number of ketones is 1. The van der Waals surface area contributed by atoms with Crippen LogP contribution in [0.1, 0.15) is 15.9 Å². The Bertz CT molecular complexity index is 792. The molecule has 0 aliphatic rings. The van der Waals surface area contributed by atoms with Gasteiger partial charge >= 0.3 is 0 Å². The molecular weight excluding hydrogens is 276 g/mol. The van der Waals surface area contributed by atoms with Gasteiger partial charge in [-0.1, -0.05) is 60.7 Å². The summed E-state index contributed by atoms with van der Waals surface area (Å²) in [7, 11) is 0. The highest BCUT2D eigenvalue weighted by Gasteiger charge is 2.11. The Kier molecular flexibility index (Phi) is 4.07. The number of rotatable bonds is 4. The Labute approximate surface area is 129 Å². The summed E-state index contributed by atoms with van der Waals surface area (Å²) in [5, 5.41) is 2.39. The third kappa shape index (κ3) is 3.01. The molecule has 0 unspecified atom stereocenters. The van der Waals surface area contributed by atoms with Gasteiger partial charge in [-0.15, -0.1) is 11.8 Å². The van der Waals surface area contributed by atoms with Crippen molar-refractivity contribution in [3.05, 3.63) is 77.9 Å². The van der Waals surface area contributed by atoms with Crippen LogP contribution < -0.4 is 0 Å². The number of Topliss-reactive ketones (excluding diaryl/α,β-unsaturated/α-hetero) is 1.